The molecule has 1 aromatic carbocycles. The molecule has 0 aromatic heterocycles. The molecule has 1 aliphatic rings. The molecule has 0 radical (unpaired) electrons. The Bertz CT molecular complexity index is 583. The predicted molar refractivity (Wildman–Crippen MR) is 72.4 cm³/mol. The molecule has 0 unspecified atom stereocenters. The van der Waals surface area contributed by atoms with Gasteiger partial charge in [-0.3, -0.25) is 9.79 Å². The second kappa shape index (κ2) is 5.10. The lowest BCUT2D eigenvalue weighted by Gasteiger charge is -2.11. The fourth-order valence-corrected chi connectivity index (χ4v) is 2.12. The highest BCUT2D eigenvalue weighted by molar-refractivity contribution is 9.10. The van der Waals surface area contributed by atoms with Crippen LogP contribution in [0.15, 0.2) is 27.7 Å². The van der Waals surface area contributed by atoms with Crippen LogP contribution >= 0.6 is 15.9 Å². The number of aliphatic hydroxyl groups is 1. The molecule has 0 aliphatic carbocycles. The molecule has 1 aliphatic heterocycles. The van der Waals surface area contributed by atoms with Gasteiger partial charge in [0.25, 0.3) is 5.91 Å². The van der Waals surface area contributed by atoms with Crippen LogP contribution in [0.2, 0.25) is 0 Å². The Hall–Kier alpha value is -1.73. The van der Waals surface area contributed by atoms with Crippen molar-refractivity contribution >= 4 is 39.2 Å². The van der Waals surface area contributed by atoms with Gasteiger partial charge in [0, 0.05) is 10.0 Å². The van der Waals surface area contributed by atoms with Crippen molar-refractivity contribution < 1.29 is 19.8 Å². The fraction of sp³-hybridized carbons (Fsp3) is 0.250. The first-order valence-electron chi connectivity index (χ1n) is 5.50. The van der Waals surface area contributed by atoms with Crippen LogP contribution in [0.25, 0.3) is 0 Å². The van der Waals surface area contributed by atoms with E-state index in [4.69, 9.17) is 5.11 Å². The van der Waals surface area contributed by atoms with Crippen LogP contribution in [-0.4, -0.2) is 39.9 Å². The number of carboxylic acids is 1. The Labute approximate surface area is 117 Å². The van der Waals surface area contributed by atoms with Gasteiger partial charge in [-0.1, -0.05) is 15.9 Å². The topological polar surface area (TPSA) is 99.0 Å². The summed E-state index contributed by atoms with van der Waals surface area (Å²) in [6.45, 7) is 1.32. The minimum atomic E-state index is -1.37. The van der Waals surface area contributed by atoms with Crippen molar-refractivity contribution in [2.45, 2.75) is 19.1 Å². The van der Waals surface area contributed by atoms with Gasteiger partial charge in [-0.25, -0.2) is 4.79 Å². The molecule has 1 amide bonds. The van der Waals surface area contributed by atoms with Crippen molar-refractivity contribution in [3.05, 3.63) is 28.2 Å². The van der Waals surface area contributed by atoms with Crippen molar-refractivity contribution in [1.82, 2.24) is 0 Å². The van der Waals surface area contributed by atoms with Crippen LogP contribution < -0.4 is 5.32 Å². The number of hydrogen-bond acceptors (Lipinski definition) is 4. The van der Waals surface area contributed by atoms with Crippen LogP contribution in [0.4, 0.5) is 5.69 Å². The molecule has 19 heavy (non-hydrogen) atoms. The monoisotopic (exact) mass is 326 g/mol. The van der Waals surface area contributed by atoms with Crippen LogP contribution in [0, 0.1) is 0 Å². The first-order valence-corrected chi connectivity index (χ1v) is 6.29. The van der Waals surface area contributed by atoms with Gasteiger partial charge in [0.1, 0.15) is 5.71 Å². The molecule has 0 saturated carbocycles. The first kappa shape index (κ1) is 13.7. The van der Waals surface area contributed by atoms with E-state index >= 15 is 0 Å². The third kappa shape index (κ3) is 2.66. The third-order valence-electron chi connectivity index (χ3n) is 2.68. The number of fused-ring (bicyclic) bond motifs is 1. The number of amides is 1. The number of aliphatic imine (C=N–C) groups is 1. The SMILES string of the molecule is C[C@@H](O)[C@H](N=C1C(=O)Nc2ccc(Br)cc21)C(=O)O. The Kier molecular flexibility index (Phi) is 3.68. The normalized spacial score (nSPS) is 18.9. The summed E-state index contributed by atoms with van der Waals surface area (Å²) in [4.78, 5) is 26.7. The van der Waals surface area contributed by atoms with E-state index in [9.17, 15) is 14.7 Å². The zero-order valence-corrected chi connectivity index (χ0v) is 11.5. The van der Waals surface area contributed by atoms with E-state index in [0.29, 0.717) is 11.3 Å². The van der Waals surface area contributed by atoms with E-state index in [-0.39, 0.29) is 5.71 Å². The summed E-state index contributed by atoms with van der Waals surface area (Å²) in [6.07, 6.45) is -1.19. The molecule has 100 valence electrons. The maximum atomic E-state index is 11.8. The molecular formula is C12H11BrN2O4. The summed E-state index contributed by atoms with van der Waals surface area (Å²) in [6, 6.07) is 3.75. The molecular weight excluding hydrogens is 316 g/mol. The number of rotatable bonds is 3. The second-order valence-electron chi connectivity index (χ2n) is 4.15. The highest BCUT2D eigenvalue weighted by Gasteiger charge is 2.30. The lowest BCUT2D eigenvalue weighted by atomic mass is 10.1. The number of anilines is 1. The predicted octanol–water partition coefficient (Wildman–Crippen LogP) is 1.02. The van der Waals surface area contributed by atoms with Crippen molar-refractivity contribution in [2.24, 2.45) is 4.99 Å². The van der Waals surface area contributed by atoms with Crippen LogP contribution in [0.3, 0.4) is 0 Å². The molecule has 0 saturated heterocycles. The lowest BCUT2D eigenvalue weighted by Crippen LogP contribution is -2.32. The van der Waals surface area contributed by atoms with Crippen LogP contribution in [0.5, 0.6) is 0 Å². The Morgan fingerprint density at radius 1 is 1.47 bits per heavy atom. The zero-order valence-electron chi connectivity index (χ0n) is 9.92. The largest absolute Gasteiger partial charge is 0.480 e. The molecule has 0 fully saturated rings. The van der Waals surface area contributed by atoms with E-state index in [2.05, 4.69) is 26.2 Å². The van der Waals surface area contributed by atoms with Gasteiger partial charge in [-0.05, 0) is 25.1 Å². The number of carbonyl (C=O) groups is 2. The number of hydrogen-bond donors (Lipinski definition) is 3. The summed E-state index contributed by atoms with van der Waals surface area (Å²) in [5.74, 6) is -1.75. The molecule has 7 heteroatoms. The lowest BCUT2D eigenvalue weighted by molar-refractivity contribution is -0.140. The minimum Gasteiger partial charge on any atom is -0.480 e. The van der Waals surface area contributed by atoms with E-state index in [0.717, 1.165) is 4.47 Å². The van der Waals surface area contributed by atoms with Gasteiger partial charge in [0.15, 0.2) is 6.04 Å². The number of halogens is 1. The number of nitrogens with zero attached hydrogens (tertiary/aromatic N) is 1. The second-order valence-corrected chi connectivity index (χ2v) is 5.06. The summed E-state index contributed by atoms with van der Waals surface area (Å²) < 4.78 is 0.749. The number of benzene rings is 1. The molecule has 2 atom stereocenters. The van der Waals surface area contributed by atoms with Crippen LogP contribution in [0.1, 0.15) is 12.5 Å². The number of aliphatic carboxylic acids is 1. The summed E-state index contributed by atoms with van der Waals surface area (Å²) in [7, 11) is 0. The standard InChI is InChI=1S/C12H11BrN2O4/c1-5(16)9(12(18)19)15-10-7-4-6(13)2-3-8(7)14-11(10)17/h2-5,9,16H,1H3,(H,18,19)(H,14,15,17)/t5-,9+/m1/s1. The average molecular weight is 327 g/mol. The molecule has 6 nitrogen and oxygen atoms in total. The number of aliphatic hydroxyl groups excluding tert-OH is 1. The highest BCUT2D eigenvalue weighted by Crippen LogP contribution is 2.27. The fourth-order valence-electron chi connectivity index (χ4n) is 1.76. The molecule has 0 bridgehead atoms. The van der Waals surface area contributed by atoms with Gasteiger partial charge in [0.2, 0.25) is 0 Å². The zero-order chi connectivity index (χ0) is 14.2. The quantitative estimate of drug-likeness (QED) is 0.772. The van der Waals surface area contributed by atoms with Crippen molar-refractivity contribution in [1.29, 1.82) is 0 Å². The van der Waals surface area contributed by atoms with Crippen molar-refractivity contribution in [3.63, 3.8) is 0 Å². The number of nitrogens with one attached hydrogen (secondary N) is 1. The van der Waals surface area contributed by atoms with Gasteiger partial charge in [0.05, 0.1) is 11.8 Å². The maximum absolute atomic E-state index is 11.8. The minimum absolute atomic E-state index is 0.0181. The van der Waals surface area contributed by atoms with E-state index in [1.807, 2.05) is 0 Å². The summed E-state index contributed by atoms with van der Waals surface area (Å²) in [5, 5.41) is 21.0. The van der Waals surface area contributed by atoms with Gasteiger partial charge < -0.3 is 15.5 Å². The molecule has 2 rings (SSSR count). The Balaban J connectivity index is 2.48. The summed E-state index contributed by atoms with van der Waals surface area (Å²) in [5.41, 5.74) is 1.11. The Morgan fingerprint density at radius 3 is 2.74 bits per heavy atom. The highest BCUT2D eigenvalue weighted by atomic mass is 79.9. The van der Waals surface area contributed by atoms with Crippen molar-refractivity contribution in [3.8, 4) is 0 Å². The summed E-state index contributed by atoms with van der Waals surface area (Å²) >= 11 is 3.28. The first-order chi connectivity index (χ1) is 8.90. The average Bonchev–Trinajstić information content (AvgIpc) is 2.60. The molecule has 1 aromatic rings. The molecule has 0 spiro atoms. The van der Waals surface area contributed by atoms with E-state index in [1.165, 1.54) is 6.92 Å². The maximum Gasteiger partial charge on any atom is 0.331 e. The molecule has 3 N–H and O–H groups in total. The molecule has 1 heterocycles. The number of carboxylic acid groups (broad SMARTS) is 1. The van der Waals surface area contributed by atoms with E-state index in [1.54, 1.807) is 18.2 Å². The third-order valence-corrected chi connectivity index (χ3v) is 3.17. The van der Waals surface area contributed by atoms with Gasteiger partial charge in [-0.2, -0.15) is 0 Å². The van der Waals surface area contributed by atoms with Gasteiger partial charge in [-0.15, -0.1) is 0 Å². The number of carbonyl (C=O) groups excluding carboxylic acids is 1. The van der Waals surface area contributed by atoms with Crippen LogP contribution in [-0.2, 0) is 9.59 Å². The Morgan fingerprint density at radius 2 is 2.16 bits per heavy atom. The van der Waals surface area contributed by atoms with Gasteiger partial charge >= 0.3 is 5.97 Å². The van der Waals surface area contributed by atoms with E-state index < -0.39 is 24.0 Å². The van der Waals surface area contributed by atoms with Crippen molar-refractivity contribution in [2.75, 3.05) is 5.32 Å². The smallest absolute Gasteiger partial charge is 0.331 e.